The van der Waals surface area contributed by atoms with E-state index in [1.807, 2.05) is 0 Å². The third-order valence-electron chi connectivity index (χ3n) is 3.21. The number of hydrogen-bond donors (Lipinski definition) is 0. The van der Waals surface area contributed by atoms with Crippen molar-refractivity contribution < 1.29 is 4.79 Å². The molecule has 2 fully saturated rings. The molecule has 0 aromatic heterocycles. The Labute approximate surface area is 77.3 Å². The first-order valence-corrected chi connectivity index (χ1v) is 6.86. The number of hydrogen-bond acceptors (Lipinski definition) is 1. The number of Topliss-reactive ketones (excluding diaryl/α,β-unsaturated/α-hetero) is 1. The maximum absolute atomic E-state index is 11.6. The van der Waals surface area contributed by atoms with Gasteiger partial charge < -0.3 is 0 Å². The molecule has 3 atom stereocenters. The Balaban J connectivity index is 2.06. The van der Waals surface area contributed by atoms with Crippen LogP contribution < -0.4 is 0 Å². The van der Waals surface area contributed by atoms with Crippen LogP contribution in [0.15, 0.2) is 0 Å². The predicted octanol–water partition coefficient (Wildman–Crippen LogP) is 1.62. The quantitative estimate of drug-likeness (QED) is 0.524. The van der Waals surface area contributed by atoms with E-state index in [0.717, 1.165) is 11.7 Å². The van der Waals surface area contributed by atoms with Gasteiger partial charge in [-0.25, -0.2) is 0 Å². The third-order valence-corrected chi connectivity index (χ3v) is 4.98. The van der Waals surface area contributed by atoms with Crippen molar-refractivity contribution in [1.29, 1.82) is 0 Å². The normalized spacial score (nSPS) is 42.4. The van der Waals surface area contributed by atoms with Crippen LogP contribution in [0.2, 0.25) is 0 Å². The molecule has 2 heteroatoms. The molecule has 3 unspecified atom stereocenters. The molecule has 0 spiro atoms. The predicted molar refractivity (Wildman–Crippen MR) is 53.5 cm³/mol. The van der Waals surface area contributed by atoms with Gasteiger partial charge in [0.2, 0.25) is 0 Å². The molecule has 0 aromatic rings. The largest absolute Gasteiger partial charge is 0.294 e. The minimum absolute atomic E-state index is 0.412. The average Bonchev–Trinajstić information content (AvgIpc) is 2.04. The Kier molecular flexibility index (Phi) is 2.44. The zero-order chi connectivity index (χ0) is 8.55. The molecular weight excluding hydrogens is 168 g/mol. The molecule has 0 radical (unpaired) electrons. The van der Waals surface area contributed by atoms with Crippen molar-refractivity contribution in [2.24, 2.45) is 11.8 Å². The maximum atomic E-state index is 11.6. The zero-order valence-corrected chi connectivity index (χ0v) is 8.53. The van der Waals surface area contributed by atoms with Crippen LogP contribution in [-0.4, -0.2) is 23.5 Å². The first kappa shape index (κ1) is 8.61. The highest BCUT2D eigenvalue weighted by molar-refractivity contribution is 7.96. The Morgan fingerprint density at radius 2 is 2.08 bits per heavy atom. The van der Waals surface area contributed by atoms with Gasteiger partial charge in [0.05, 0.1) is 6.26 Å². The smallest absolute Gasteiger partial charge is 0.185 e. The second-order valence-corrected chi connectivity index (χ2v) is 6.39. The first-order valence-electron chi connectivity index (χ1n) is 4.89. The van der Waals surface area contributed by atoms with Crippen LogP contribution in [-0.2, 0) is 15.7 Å². The molecular formula is C10H17OS+. The summed E-state index contributed by atoms with van der Waals surface area (Å²) in [6.45, 7) is 0. The number of carbonyl (C=O) groups is 1. The lowest BCUT2D eigenvalue weighted by molar-refractivity contribution is -0.123. The fourth-order valence-corrected chi connectivity index (χ4v) is 4.55. The number of carbonyl (C=O) groups excluding carboxylic acids is 1. The van der Waals surface area contributed by atoms with Crippen LogP contribution in [0.3, 0.4) is 0 Å². The van der Waals surface area contributed by atoms with Crippen molar-refractivity contribution >= 4 is 16.7 Å². The molecule has 2 aliphatic rings. The molecule has 1 aliphatic carbocycles. The van der Waals surface area contributed by atoms with E-state index in [1.165, 1.54) is 31.4 Å². The minimum atomic E-state index is 0.412. The molecule has 0 amide bonds. The highest BCUT2D eigenvalue weighted by Crippen LogP contribution is 2.35. The summed E-state index contributed by atoms with van der Waals surface area (Å²) in [6, 6.07) is 0. The van der Waals surface area contributed by atoms with Crippen molar-refractivity contribution in [3.8, 4) is 0 Å². The van der Waals surface area contributed by atoms with Gasteiger partial charge in [0.1, 0.15) is 5.75 Å². The van der Waals surface area contributed by atoms with Crippen LogP contribution in [0.25, 0.3) is 0 Å². The lowest BCUT2D eigenvalue weighted by Crippen LogP contribution is -2.41. The second kappa shape index (κ2) is 3.41. The molecule has 1 saturated carbocycles. The summed E-state index contributed by atoms with van der Waals surface area (Å²) in [5.41, 5.74) is 0. The van der Waals surface area contributed by atoms with Gasteiger partial charge in [0.15, 0.2) is 11.5 Å². The van der Waals surface area contributed by atoms with Gasteiger partial charge >= 0.3 is 0 Å². The Bertz CT molecular complexity index is 190. The van der Waals surface area contributed by atoms with E-state index < -0.39 is 0 Å². The summed E-state index contributed by atoms with van der Waals surface area (Å²) in [7, 11) is 0.412. The fraction of sp³-hybridized carbons (Fsp3) is 0.900. The van der Waals surface area contributed by atoms with E-state index in [-0.39, 0.29) is 0 Å². The second-order valence-electron chi connectivity index (χ2n) is 4.21. The van der Waals surface area contributed by atoms with Gasteiger partial charge in [-0.3, -0.25) is 4.79 Å². The van der Waals surface area contributed by atoms with Gasteiger partial charge in [-0.2, -0.15) is 0 Å². The SMILES string of the molecule is C[S+]1CC(=O)C2CCCCC2C1. The van der Waals surface area contributed by atoms with E-state index in [9.17, 15) is 4.79 Å². The maximum Gasteiger partial charge on any atom is 0.185 e. The van der Waals surface area contributed by atoms with E-state index >= 15 is 0 Å². The number of rotatable bonds is 0. The highest BCUT2D eigenvalue weighted by Gasteiger charge is 2.41. The van der Waals surface area contributed by atoms with Crippen molar-refractivity contribution in [3.05, 3.63) is 0 Å². The van der Waals surface area contributed by atoms with E-state index in [2.05, 4.69) is 6.26 Å². The third kappa shape index (κ3) is 1.54. The van der Waals surface area contributed by atoms with Gasteiger partial charge in [0.25, 0.3) is 0 Å². The molecule has 1 nitrogen and oxygen atoms in total. The van der Waals surface area contributed by atoms with Gasteiger partial charge in [-0.15, -0.1) is 0 Å². The molecule has 0 bridgehead atoms. The number of ketones is 1. The topological polar surface area (TPSA) is 17.1 Å². The molecule has 1 heterocycles. The molecule has 68 valence electrons. The Morgan fingerprint density at radius 3 is 2.92 bits per heavy atom. The summed E-state index contributed by atoms with van der Waals surface area (Å²) in [5, 5.41) is 0. The highest BCUT2D eigenvalue weighted by atomic mass is 32.2. The summed E-state index contributed by atoms with van der Waals surface area (Å²) >= 11 is 0. The molecule has 0 N–H and O–H groups in total. The van der Waals surface area contributed by atoms with Crippen LogP contribution in [0.1, 0.15) is 25.7 Å². The summed E-state index contributed by atoms with van der Waals surface area (Å²) in [5.74, 6) is 4.06. The van der Waals surface area contributed by atoms with Gasteiger partial charge in [0, 0.05) is 11.8 Å². The van der Waals surface area contributed by atoms with E-state index in [0.29, 0.717) is 22.6 Å². The van der Waals surface area contributed by atoms with Crippen LogP contribution >= 0.6 is 0 Å². The van der Waals surface area contributed by atoms with E-state index in [4.69, 9.17) is 0 Å². The molecule has 12 heavy (non-hydrogen) atoms. The lowest BCUT2D eigenvalue weighted by Gasteiger charge is -2.32. The molecule has 1 saturated heterocycles. The zero-order valence-electron chi connectivity index (χ0n) is 7.71. The Hall–Kier alpha value is 0.0200. The van der Waals surface area contributed by atoms with Crippen LogP contribution in [0.5, 0.6) is 0 Å². The van der Waals surface area contributed by atoms with Gasteiger partial charge in [-0.1, -0.05) is 12.8 Å². The Morgan fingerprint density at radius 1 is 1.33 bits per heavy atom. The molecule has 2 rings (SSSR count). The molecule has 1 aliphatic heterocycles. The summed E-state index contributed by atoms with van der Waals surface area (Å²) in [6.07, 6.45) is 7.44. The van der Waals surface area contributed by atoms with Crippen molar-refractivity contribution in [2.45, 2.75) is 25.7 Å². The fourth-order valence-electron chi connectivity index (χ4n) is 2.61. The monoisotopic (exact) mass is 185 g/mol. The average molecular weight is 185 g/mol. The summed E-state index contributed by atoms with van der Waals surface area (Å²) < 4.78 is 0. The van der Waals surface area contributed by atoms with Crippen molar-refractivity contribution in [1.82, 2.24) is 0 Å². The van der Waals surface area contributed by atoms with Crippen molar-refractivity contribution in [3.63, 3.8) is 0 Å². The summed E-state index contributed by atoms with van der Waals surface area (Å²) in [4.78, 5) is 11.6. The van der Waals surface area contributed by atoms with Crippen LogP contribution in [0, 0.1) is 11.8 Å². The standard InChI is InChI=1S/C10H17OS/c1-12-6-8-4-2-3-5-9(8)10(11)7-12/h8-9H,2-7H2,1H3/q+1. The first-order chi connectivity index (χ1) is 5.77. The minimum Gasteiger partial charge on any atom is -0.294 e. The van der Waals surface area contributed by atoms with Gasteiger partial charge in [-0.05, 0) is 23.7 Å². The lowest BCUT2D eigenvalue weighted by atomic mass is 9.78. The van der Waals surface area contributed by atoms with Crippen molar-refractivity contribution in [2.75, 3.05) is 17.8 Å². The molecule has 0 aromatic carbocycles. The van der Waals surface area contributed by atoms with E-state index in [1.54, 1.807) is 0 Å². The number of fused-ring (bicyclic) bond motifs is 1. The van der Waals surface area contributed by atoms with Crippen LogP contribution in [0.4, 0.5) is 0 Å².